The molecule has 3 aromatic rings. The molecule has 2 N–H and O–H groups in total. The molecule has 3 heterocycles. The maximum Gasteiger partial charge on any atom is 0.199 e. The van der Waals surface area contributed by atoms with Crippen molar-refractivity contribution in [3.8, 4) is 5.88 Å². The van der Waals surface area contributed by atoms with Crippen LogP contribution in [-0.2, 0) is 4.84 Å². The second-order valence-electron chi connectivity index (χ2n) is 7.34. The van der Waals surface area contributed by atoms with E-state index in [4.69, 9.17) is 9.83 Å². The van der Waals surface area contributed by atoms with E-state index < -0.39 is 0 Å². The molecule has 2 aliphatic heterocycles. The van der Waals surface area contributed by atoms with E-state index in [-0.39, 0.29) is 18.3 Å². The van der Waals surface area contributed by atoms with Crippen LogP contribution in [0, 0.1) is 0 Å². The summed E-state index contributed by atoms with van der Waals surface area (Å²) in [6, 6.07) is 13.7. The van der Waals surface area contributed by atoms with E-state index in [1.165, 1.54) is 12.8 Å². The number of H-pyrrole nitrogens is 1. The average Bonchev–Trinajstić information content (AvgIpc) is 3.42. The molecule has 0 unspecified atom stereocenters. The van der Waals surface area contributed by atoms with Gasteiger partial charge in [0, 0.05) is 22.0 Å². The highest BCUT2D eigenvalue weighted by atomic mass is 79.9. The van der Waals surface area contributed by atoms with Crippen molar-refractivity contribution in [2.24, 2.45) is 10.1 Å². The van der Waals surface area contributed by atoms with Crippen LogP contribution in [0.3, 0.4) is 0 Å². The van der Waals surface area contributed by atoms with Crippen LogP contribution in [0.1, 0.15) is 24.0 Å². The van der Waals surface area contributed by atoms with E-state index in [0.29, 0.717) is 23.6 Å². The molecule has 0 atom stereocenters. The quantitative estimate of drug-likeness (QED) is 0.391. The first kappa shape index (κ1) is 20.9. The zero-order valence-electron chi connectivity index (χ0n) is 16.3. The van der Waals surface area contributed by atoms with E-state index in [0.717, 1.165) is 46.3 Å². The van der Waals surface area contributed by atoms with Crippen LogP contribution in [0.4, 0.5) is 5.69 Å². The van der Waals surface area contributed by atoms with Crippen molar-refractivity contribution in [2.45, 2.75) is 12.8 Å². The van der Waals surface area contributed by atoms with Crippen molar-refractivity contribution in [1.29, 1.82) is 0 Å². The van der Waals surface area contributed by atoms with Crippen molar-refractivity contribution in [3.63, 3.8) is 0 Å². The maximum absolute atomic E-state index is 10.6. The van der Waals surface area contributed by atoms with Crippen LogP contribution in [0.15, 0.2) is 57.1 Å². The molecule has 0 radical (unpaired) electrons. The first-order valence-electron chi connectivity index (χ1n) is 9.82. The number of para-hydroxylation sites is 1. The number of hydrogen-bond acceptors (Lipinski definition) is 5. The van der Waals surface area contributed by atoms with Gasteiger partial charge in [0.2, 0.25) is 0 Å². The number of nitrogens with zero attached hydrogens (tertiary/aromatic N) is 3. The van der Waals surface area contributed by atoms with E-state index in [9.17, 15) is 5.11 Å². The molecular formula is C22H22BrClN4O2. The summed E-state index contributed by atoms with van der Waals surface area (Å²) in [6.07, 6.45) is 2.52. The normalized spacial score (nSPS) is 17.2. The number of rotatable bonds is 5. The Morgan fingerprint density at radius 2 is 1.97 bits per heavy atom. The Morgan fingerprint density at radius 3 is 2.80 bits per heavy atom. The van der Waals surface area contributed by atoms with E-state index in [2.05, 4.69) is 31.0 Å². The summed E-state index contributed by atoms with van der Waals surface area (Å²) in [5.41, 5.74) is 4.50. The fraction of sp³-hybridized carbons (Fsp3) is 0.273. The predicted octanol–water partition coefficient (Wildman–Crippen LogP) is 5.01. The minimum Gasteiger partial charge on any atom is -0.494 e. The van der Waals surface area contributed by atoms with Gasteiger partial charge in [-0.3, -0.25) is 4.90 Å². The molecular weight excluding hydrogens is 468 g/mol. The molecule has 30 heavy (non-hydrogen) atoms. The lowest BCUT2D eigenvalue weighted by atomic mass is 10.0. The molecule has 0 aliphatic carbocycles. The summed E-state index contributed by atoms with van der Waals surface area (Å²) in [7, 11) is 0. The lowest BCUT2D eigenvalue weighted by Crippen LogP contribution is -2.23. The SMILES string of the molecule is Cl.Oc1[nH]c2cc(Br)ccc2c1C1=Nc2ccccc2/C1=N/OCCN1CCCC1. The average molecular weight is 490 g/mol. The van der Waals surface area contributed by atoms with Gasteiger partial charge in [0.1, 0.15) is 18.0 Å². The van der Waals surface area contributed by atoms with Gasteiger partial charge >= 0.3 is 0 Å². The predicted molar refractivity (Wildman–Crippen MR) is 126 cm³/mol. The molecule has 5 rings (SSSR count). The number of aromatic nitrogens is 1. The molecule has 156 valence electrons. The van der Waals surface area contributed by atoms with Crippen LogP contribution in [0.25, 0.3) is 10.9 Å². The molecule has 0 saturated carbocycles. The van der Waals surface area contributed by atoms with Gasteiger partial charge in [0.15, 0.2) is 5.88 Å². The third-order valence-electron chi connectivity index (χ3n) is 5.45. The van der Waals surface area contributed by atoms with Crippen molar-refractivity contribution in [3.05, 3.63) is 58.1 Å². The lowest BCUT2D eigenvalue weighted by Gasteiger charge is -2.13. The highest BCUT2D eigenvalue weighted by Gasteiger charge is 2.29. The molecule has 2 aromatic carbocycles. The molecule has 1 saturated heterocycles. The van der Waals surface area contributed by atoms with E-state index in [1.807, 2.05) is 42.5 Å². The van der Waals surface area contributed by atoms with Gasteiger partial charge < -0.3 is 14.9 Å². The fourth-order valence-corrected chi connectivity index (χ4v) is 4.38. The molecule has 8 heteroatoms. The molecule has 6 nitrogen and oxygen atoms in total. The third-order valence-corrected chi connectivity index (χ3v) is 5.94. The molecule has 0 amide bonds. The van der Waals surface area contributed by atoms with Gasteiger partial charge in [-0.15, -0.1) is 12.4 Å². The number of hydrogen-bond donors (Lipinski definition) is 2. The largest absolute Gasteiger partial charge is 0.494 e. The summed E-state index contributed by atoms with van der Waals surface area (Å²) < 4.78 is 0.939. The van der Waals surface area contributed by atoms with E-state index >= 15 is 0 Å². The number of oxime groups is 1. The Labute approximate surface area is 189 Å². The Hall–Kier alpha value is -2.35. The Kier molecular flexibility index (Phi) is 6.13. The van der Waals surface area contributed by atoms with Gasteiger partial charge in [-0.1, -0.05) is 45.4 Å². The summed E-state index contributed by atoms with van der Waals surface area (Å²) in [6.45, 7) is 3.67. The van der Waals surface area contributed by atoms with Gasteiger partial charge in [0.05, 0.1) is 16.8 Å². The van der Waals surface area contributed by atoms with Crippen LogP contribution >= 0.6 is 28.3 Å². The van der Waals surface area contributed by atoms with Gasteiger partial charge in [-0.05, 0) is 44.1 Å². The summed E-state index contributed by atoms with van der Waals surface area (Å²) >= 11 is 3.48. The van der Waals surface area contributed by atoms with Crippen molar-refractivity contribution in [1.82, 2.24) is 9.88 Å². The summed E-state index contributed by atoms with van der Waals surface area (Å²) in [5, 5.41) is 16.0. The topological polar surface area (TPSA) is 73.2 Å². The highest BCUT2D eigenvalue weighted by molar-refractivity contribution is 9.10. The smallest absolute Gasteiger partial charge is 0.199 e. The van der Waals surface area contributed by atoms with Crippen molar-refractivity contribution >= 4 is 56.4 Å². The Balaban J connectivity index is 0.00000218. The highest BCUT2D eigenvalue weighted by Crippen LogP contribution is 2.36. The second kappa shape index (κ2) is 8.79. The number of aromatic amines is 1. The molecule has 1 fully saturated rings. The van der Waals surface area contributed by atoms with Crippen LogP contribution in [0.5, 0.6) is 5.88 Å². The number of nitrogens with one attached hydrogen (secondary N) is 1. The Bertz CT molecular complexity index is 1140. The maximum atomic E-state index is 10.6. The van der Waals surface area contributed by atoms with E-state index in [1.54, 1.807) is 0 Å². The van der Waals surface area contributed by atoms with Crippen LogP contribution < -0.4 is 0 Å². The molecule has 2 aliphatic rings. The number of benzene rings is 2. The second-order valence-corrected chi connectivity index (χ2v) is 8.25. The van der Waals surface area contributed by atoms with Crippen molar-refractivity contribution in [2.75, 3.05) is 26.2 Å². The number of aromatic hydroxyl groups is 1. The van der Waals surface area contributed by atoms with Gasteiger partial charge in [-0.25, -0.2) is 4.99 Å². The number of likely N-dealkylation sites (tertiary alicyclic amines) is 1. The van der Waals surface area contributed by atoms with Gasteiger partial charge in [0.25, 0.3) is 0 Å². The molecule has 0 bridgehead atoms. The lowest BCUT2D eigenvalue weighted by molar-refractivity contribution is 0.119. The number of fused-ring (bicyclic) bond motifs is 2. The molecule has 1 aromatic heterocycles. The van der Waals surface area contributed by atoms with Crippen LogP contribution in [0.2, 0.25) is 0 Å². The Morgan fingerprint density at radius 1 is 1.17 bits per heavy atom. The summed E-state index contributed by atoms with van der Waals surface area (Å²) in [5.74, 6) is 0.0782. The van der Waals surface area contributed by atoms with Gasteiger partial charge in [-0.2, -0.15) is 0 Å². The van der Waals surface area contributed by atoms with Crippen LogP contribution in [-0.4, -0.2) is 52.7 Å². The zero-order valence-corrected chi connectivity index (χ0v) is 18.7. The standard InChI is InChI=1S/C22H21BrN4O2.ClH/c23-14-7-8-15-18(13-14)25-22(28)19(15)21-20(16-5-1-2-6-17(16)24-21)26-29-12-11-27-9-3-4-10-27;/h1-2,5-8,13,25,28H,3-4,9-12H2;1H/b26-20-;. The monoisotopic (exact) mass is 488 g/mol. The minimum atomic E-state index is 0. The number of aliphatic imine (C=N–C) groups is 1. The minimum absolute atomic E-state index is 0. The number of halogens is 2. The summed E-state index contributed by atoms with van der Waals surface area (Å²) in [4.78, 5) is 15.9. The zero-order chi connectivity index (χ0) is 19.8. The molecule has 0 spiro atoms. The fourth-order valence-electron chi connectivity index (χ4n) is 4.02. The third kappa shape index (κ3) is 3.85. The van der Waals surface area contributed by atoms with Crippen molar-refractivity contribution < 1.29 is 9.94 Å². The first-order valence-corrected chi connectivity index (χ1v) is 10.6. The first-order chi connectivity index (χ1) is 14.2.